The number of hydrogen-bond acceptors (Lipinski definition) is 3. The lowest BCUT2D eigenvalue weighted by atomic mass is 10.2. The molecule has 1 aromatic heterocycles. The minimum absolute atomic E-state index is 0.255. The number of rotatable bonds is 4. The Labute approximate surface area is 92.5 Å². The number of amides is 1. The number of pyridine rings is 1. The number of carboxylic acid groups (broad SMARTS) is 1. The lowest BCUT2D eigenvalue weighted by molar-refractivity contribution is -0.135. The van der Waals surface area contributed by atoms with Gasteiger partial charge in [0.05, 0.1) is 0 Å². The van der Waals surface area contributed by atoms with E-state index in [9.17, 15) is 9.59 Å². The monoisotopic (exact) mass is 220 g/mol. The van der Waals surface area contributed by atoms with E-state index in [0.29, 0.717) is 5.92 Å². The topological polar surface area (TPSA) is 79.3 Å². The summed E-state index contributed by atoms with van der Waals surface area (Å²) in [7, 11) is 0. The summed E-state index contributed by atoms with van der Waals surface area (Å²) in [4.78, 5) is 25.7. The predicted octanol–water partition coefficient (Wildman–Crippen LogP) is 0.773. The number of carboxylic acids is 1. The third-order valence-corrected chi connectivity index (χ3v) is 2.47. The molecule has 1 fully saturated rings. The highest BCUT2D eigenvalue weighted by molar-refractivity contribution is 5.93. The summed E-state index contributed by atoms with van der Waals surface area (Å²) < 4.78 is 0. The number of nitrogens with zero attached hydrogens (tertiary/aromatic N) is 1. The van der Waals surface area contributed by atoms with E-state index >= 15 is 0 Å². The molecule has 0 aromatic carbocycles. The van der Waals surface area contributed by atoms with Gasteiger partial charge in [0.1, 0.15) is 12.2 Å². The quantitative estimate of drug-likeness (QED) is 0.785. The van der Waals surface area contributed by atoms with Crippen LogP contribution >= 0.6 is 0 Å². The molecule has 1 amide bonds. The van der Waals surface area contributed by atoms with E-state index in [0.717, 1.165) is 5.56 Å². The molecule has 1 heterocycles. The van der Waals surface area contributed by atoms with Gasteiger partial charge in [0, 0.05) is 6.20 Å². The molecule has 84 valence electrons. The molecule has 1 aliphatic carbocycles. The van der Waals surface area contributed by atoms with Crippen molar-refractivity contribution in [2.45, 2.75) is 18.8 Å². The molecule has 16 heavy (non-hydrogen) atoms. The van der Waals surface area contributed by atoms with E-state index in [4.69, 9.17) is 5.11 Å². The Balaban J connectivity index is 1.97. The fourth-order valence-electron chi connectivity index (χ4n) is 1.44. The van der Waals surface area contributed by atoms with Gasteiger partial charge in [-0.05, 0) is 30.4 Å². The molecule has 5 nitrogen and oxygen atoms in total. The van der Waals surface area contributed by atoms with Gasteiger partial charge in [-0.1, -0.05) is 6.07 Å². The van der Waals surface area contributed by atoms with E-state index in [1.165, 1.54) is 12.8 Å². The first-order valence-corrected chi connectivity index (χ1v) is 5.13. The van der Waals surface area contributed by atoms with Gasteiger partial charge in [0.15, 0.2) is 0 Å². The normalized spacial score (nSPS) is 14.5. The fourth-order valence-corrected chi connectivity index (χ4v) is 1.44. The van der Waals surface area contributed by atoms with Crippen LogP contribution in [-0.4, -0.2) is 28.5 Å². The maximum Gasteiger partial charge on any atom is 0.322 e. The first kappa shape index (κ1) is 10.6. The molecule has 2 rings (SSSR count). The van der Waals surface area contributed by atoms with Gasteiger partial charge in [-0.15, -0.1) is 0 Å². The average molecular weight is 220 g/mol. The van der Waals surface area contributed by atoms with Gasteiger partial charge in [0.2, 0.25) is 0 Å². The molecule has 0 saturated heterocycles. The van der Waals surface area contributed by atoms with Crippen molar-refractivity contribution < 1.29 is 14.7 Å². The lowest BCUT2D eigenvalue weighted by Crippen LogP contribution is -2.29. The molecule has 0 bridgehead atoms. The Morgan fingerprint density at radius 1 is 1.44 bits per heavy atom. The van der Waals surface area contributed by atoms with Crippen molar-refractivity contribution in [3.8, 4) is 0 Å². The number of aliphatic carboxylic acids is 1. The smallest absolute Gasteiger partial charge is 0.322 e. The number of carbonyl (C=O) groups is 2. The molecule has 5 heteroatoms. The van der Waals surface area contributed by atoms with Crippen molar-refractivity contribution in [2.24, 2.45) is 0 Å². The van der Waals surface area contributed by atoms with Crippen LogP contribution < -0.4 is 5.32 Å². The number of hydrogen-bond donors (Lipinski definition) is 2. The van der Waals surface area contributed by atoms with Crippen LogP contribution in [0, 0.1) is 0 Å². The van der Waals surface area contributed by atoms with Crippen molar-refractivity contribution >= 4 is 11.9 Å². The van der Waals surface area contributed by atoms with Gasteiger partial charge in [0.25, 0.3) is 5.91 Å². The van der Waals surface area contributed by atoms with Crippen molar-refractivity contribution in [1.29, 1.82) is 0 Å². The lowest BCUT2D eigenvalue weighted by Gasteiger charge is -2.02. The third-order valence-electron chi connectivity index (χ3n) is 2.47. The molecule has 0 radical (unpaired) electrons. The standard InChI is InChI=1S/C11H12N2O3/c14-10(15)6-13-11(16)9-4-3-8(5-12-9)7-1-2-7/h3-5,7H,1-2,6H2,(H,13,16)(H,14,15). The van der Waals surface area contributed by atoms with Crippen LogP contribution in [0.25, 0.3) is 0 Å². The van der Waals surface area contributed by atoms with E-state index in [-0.39, 0.29) is 12.2 Å². The molecular formula is C11H12N2O3. The van der Waals surface area contributed by atoms with Crippen molar-refractivity contribution in [3.63, 3.8) is 0 Å². The molecule has 0 atom stereocenters. The van der Waals surface area contributed by atoms with Crippen LogP contribution in [-0.2, 0) is 4.79 Å². The first-order valence-electron chi connectivity index (χ1n) is 5.13. The van der Waals surface area contributed by atoms with Crippen LogP contribution in [0.3, 0.4) is 0 Å². The Bertz CT molecular complexity index is 410. The zero-order valence-corrected chi connectivity index (χ0v) is 8.64. The van der Waals surface area contributed by atoms with Gasteiger partial charge in [-0.2, -0.15) is 0 Å². The van der Waals surface area contributed by atoms with Gasteiger partial charge in [-0.3, -0.25) is 14.6 Å². The maximum atomic E-state index is 11.4. The van der Waals surface area contributed by atoms with Gasteiger partial charge in [-0.25, -0.2) is 0 Å². The molecule has 0 spiro atoms. The number of aromatic nitrogens is 1. The summed E-state index contributed by atoms with van der Waals surface area (Å²) in [5.41, 5.74) is 1.40. The zero-order valence-electron chi connectivity index (χ0n) is 8.64. The third kappa shape index (κ3) is 2.56. The summed E-state index contributed by atoms with van der Waals surface area (Å²) in [6.45, 7) is -0.384. The first-order chi connectivity index (χ1) is 7.66. The summed E-state index contributed by atoms with van der Waals surface area (Å²) >= 11 is 0. The average Bonchev–Trinajstić information content (AvgIpc) is 3.10. The highest BCUT2D eigenvalue weighted by Crippen LogP contribution is 2.39. The Kier molecular flexibility index (Phi) is 2.85. The minimum atomic E-state index is -1.07. The van der Waals surface area contributed by atoms with Crippen molar-refractivity contribution in [2.75, 3.05) is 6.54 Å². The second-order valence-electron chi connectivity index (χ2n) is 3.83. The van der Waals surface area contributed by atoms with Crippen LogP contribution in [0.5, 0.6) is 0 Å². The maximum absolute atomic E-state index is 11.4. The van der Waals surface area contributed by atoms with E-state index in [1.807, 2.05) is 6.07 Å². The van der Waals surface area contributed by atoms with E-state index < -0.39 is 11.9 Å². The molecule has 1 aliphatic rings. The van der Waals surface area contributed by atoms with Crippen LogP contribution in [0.1, 0.15) is 34.8 Å². The van der Waals surface area contributed by atoms with Crippen LogP contribution in [0.4, 0.5) is 0 Å². The fraction of sp³-hybridized carbons (Fsp3) is 0.364. The van der Waals surface area contributed by atoms with Crippen molar-refractivity contribution in [3.05, 3.63) is 29.6 Å². The summed E-state index contributed by atoms with van der Waals surface area (Å²) in [6, 6.07) is 3.51. The summed E-state index contributed by atoms with van der Waals surface area (Å²) in [5, 5.41) is 10.7. The largest absolute Gasteiger partial charge is 0.480 e. The summed E-state index contributed by atoms with van der Waals surface area (Å²) in [5.74, 6) is -0.920. The molecule has 0 unspecified atom stereocenters. The predicted molar refractivity (Wildman–Crippen MR) is 56.2 cm³/mol. The van der Waals surface area contributed by atoms with Crippen molar-refractivity contribution in [1.82, 2.24) is 10.3 Å². The van der Waals surface area contributed by atoms with Crippen LogP contribution in [0.15, 0.2) is 18.3 Å². The van der Waals surface area contributed by atoms with E-state index in [2.05, 4.69) is 10.3 Å². The molecule has 1 aromatic rings. The van der Waals surface area contributed by atoms with Gasteiger partial charge < -0.3 is 10.4 Å². The molecule has 0 aliphatic heterocycles. The Morgan fingerprint density at radius 3 is 2.69 bits per heavy atom. The molecule has 1 saturated carbocycles. The SMILES string of the molecule is O=C(O)CNC(=O)c1ccc(C2CC2)cn1. The molecule has 2 N–H and O–H groups in total. The second kappa shape index (κ2) is 4.30. The second-order valence-corrected chi connectivity index (χ2v) is 3.83. The number of nitrogens with one attached hydrogen (secondary N) is 1. The van der Waals surface area contributed by atoms with Gasteiger partial charge >= 0.3 is 5.97 Å². The minimum Gasteiger partial charge on any atom is -0.480 e. The highest BCUT2D eigenvalue weighted by atomic mass is 16.4. The number of carbonyl (C=O) groups excluding carboxylic acids is 1. The Morgan fingerprint density at radius 2 is 2.19 bits per heavy atom. The van der Waals surface area contributed by atoms with Crippen LogP contribution in [0.2, 0.25) is 0 Å². The summed E-state index contributed by atoms with van der Waals surface area (Å²) in [6.07, 6.45) is 4.06. The molecular weight excluding hydrogens is 208 g/mol. The zero-order chi connectivity index (χ0) is 11.5. The van der Waals surface area contributed by atoms with E-state index in [1.54, 1.807) is 12.3 Å². The Hall–Kier alpha value is -1.91. The highest BCUT2D eigenvalue weighted by Gasteiger charge is 2.23.